The standard InChI is InChI=1S/C3H7O3/c1-3(2)5-6-4/h4H,1-2H3. The number of rotatable bonds is 2. The van der Waals surface area contributed by atoms with Gasteiger partial charge in [0.1, 0.15) is 6.10 Å². The van der Waals surface area contributed by atoms with Crippen LogP contribution in [0.1, 0.15) is 13.8 Å². The van der Waals surface area contributed by atoms with E-state index < -0.39 is 0 Å². The van der Waals surface area contributed by atoms with Gasteiger partial charge in [-0.15, -0.1) is 0 Å². The van der Waals surface area contributed by atoms with E-state index in [-0.39, 0.29) is 0 Å². The van der Waals surface area contributed by atoms with Crippen LogP contribution in [0.15, 0.2) is 0 Å². The maximum Gasteiger partial charge on any atom is 0.133 e. The normalized spacial score (nSPS) is 10.0. The molecule has 0 fully saturated rings. The molecular weight excluding hydrogens is 84.0 g/mol. The minimum Gasteiger partial charge on any atom is -0.221 e. The Morgan fingerprint density at radius 2 is 2.00 bits per heavy atom. The summed E-state index contributed by atoms with van der Waals surface area (Å²) in [6, 6.07) is 0. The third-order valence-corrected chi connectivity index (χ3v) is 0.204. The summed E-state index contributed by atoms with van der Waals surface area (Å²) in [5, 5.41) is 10.8. The Balaban J connectivity index is 2.63. The van der Waals surface area contributed by atoms with Crippen molar-refractivity contribution in [2.24, 2.45) is 0 Å². The quantitative estimate of drug-likeness (QED) is 0.406. The molecule has 0 aromatic carbocycles. The molecule has 0 rings (SSSR count). The molecule has 0 aromatic rings. The molecule has 0 bridgehead atoms. The summed E-state index contributed by atoms with van der Waals surface area (Å²) in [6.07, 6.45) is 0.567. The van der Waals surface area contributed by atoms with Crippen LogP contribution in [0.2, 0.25) is 0 Å². The SMILES string of the molecule is C[C](C)OOO. The molecule has 0 amide bonds. The topological polar surface area (TPSA) is 38.7 Å². The largest absolute Gasteiger partial charge is 0.221 e. The first-order valence-electron chi connectivity index (χ1n) is 1.55. The van der Waals surface area contributed by atoms with Gasteiger partial charge in [-0.25, -0.2) is 5.26 Å². The molecule has 0 saturated heterocycles. The predicted molar refractivity (Wildman–Crippen MR) is 19.4 cm³/mol. The molecule has 0 spiro atoms. The van der Waals surface area contributed by atoms with E-state index in [1.807, 2.05) is 0 Å². The highest BCUT2D eigenvalue weighted by Crippen LogP contribution is 1.94. The zero-order valence-corrected chi connectivity index (χ0v) is 3.76. The molecule has 0 aliphatic carbocycles. The first-order valence-corrected chi connectivity index (χ1v) is 1.55. The molecule has 0 aromatic heterocycles. The second-order valence-electron chi connectivity index (χ2n) is 1.07. The van der Waals surface area contributed by atoms with Crippen molar-refractivity contribution in [2.45, 2.75) is 13.8 Å². The van der Waals surface area contributed by atoms with Crippen molar-refractivity contribution < 1.29 is 15.2 Å². The van der Waals surface area contributed by atoms with Crippen LogP contribution in [0.3, 0.4) is 0 Å². The van der Waals surface area contributed by atoms with Crippen LogP contribution < -0.4 is 0 Å². The average Bonchev–Trinajstić information content (AvgIpc) is 1.35. The minimum absolute atomic E-state index is 0.567. The van der Waals surface area contributed by atoms with Crippen molar-refractivity contribution >= 4 is 0 Å². The van der Waals surface area contributed by atoms with Gasteiger partial charge in [0.05, 0.1) is 0 Å². The lowest BCUT2D eigenvalue weighted by Gasteiger charge is -1.94. The van der Waals surface area contributed by atoms with E-state index in [1.54, 1.807) is 13.8 Å². The van der Waals surface area contributed by atoms with Gasteiger partial charge >= 0.3 is 0 Å². The van der Waals surface area contributed by atoms with E-state index in [0.717, 1.165) is 0 Å². The Hall–Kier alpha value is -0.120. The molecule has 1 N–H and O–H groups in total. The van der Waals surface area contributed by atoms with Crippen molar-refractivity contribution in [2.75, 3.05) is 0 Å². The number of hydrogen-bond donors (Lipinski definition) is 1. The fourth-order valence-corrected chi connectivity index (χ4v) is 0.0745. The van der Waals surface area contributed by atoms with Crippen LogP contribution in [0.5, 0.6) is 0 Å². The minimum atomic E-state index is 0.567. The smallest absolute Gasteiger partial charge is 0.133 e. The summed E-state index contributed by atoms with van der Waals surface area (Å²) in [5.41, 5.74) is 0. The molecule has 6 heavy (non-hydrogen) atoms. The van der Waals surface area contributed by atoms with Gasteiger partial charge in [-0.05, 0) is 13.8 Å². The summed E-state index contributed by atoms with van der Waals surface area (Å²) in [4.78, 5) is 4.01. The summed E-state index contributed by atoms with van der Waals surface area (Å²) < 4.78 is 0. The maximum absolute atomic E-state index is 7.49. The van der Waals surface area contributed by atoms with Crippen LogP contribution in [0, 0.1) is 6.10 Å². The molecule has 0 saturated carbocycles. The third kappa shape index (κ3) is 3.88. The monoisotopic (exact) mass is 91.0 g/mol. The second kappa shape index (κ2) is 3.08. The van der Waals surface area contributed by atoms with Gasteiger partial charge in [-0.2, -0.15) is 4.89 Å². The highest BCUT2D eigenvalue weighted by molar-refractivity contribution is 4.54. The average molecular weight is 91.1 g/mol. The van der Waals surface area contributed by atoms with E-state index >= 15 is 0 Å². The van der Waals surface area contributed by atoms with Gasteiger partial charge in [0, 0.05) is 0 Å². The highest BCUT2D eigenvalue weighted by atomic mass is 17.5. The Labute approximate surface area is 36.3 Å². The lowest BCUT2D eigenvalue weighted by molar-refractivity contribution is -0.484. The van der Waals surface area contributed by atoms with Gasteiger partial charge in [0.25, 0.3) is 0 Å². The van der Waals surface area contributed by atoms with Gasteiger partial charge in [-0.3, -0.25) is 0 Å². The van der Waals surface area contributed by atoms with Gasteiger partial charge in [0.15, 0.2) is 0 Å². The van der Waals surface area contributed by atoms with Crippen LogP contribution in [0.25, 0.3) is 0 Å². The molecule has 3 heteroatoms. The molecule has 0 aliphatic rings. The zero-order valence-electron chi connectivity index (χ0n) is 3.76. The lowest BCUT2D eigenvalue weighted by atomic mass is 10.5. The first kappa shape index (κ1) is 5.88. The van der Waals surface area contributed by atoms with Crippen molar-refractivity contribution in [1.82, 2.24) is 0 Å². The summed E-state index contributed by atoms with van der Waals surface area (Å²) in [5.74, 6) is 0. The van der Waals surface area contributed by atoms with Gasteiger partial charge in [0.2, 0.25) is 0 Å². The molecule has 0 heterocycles. The maximum atomic E-state index is 7.49. The summed E-state index contributed by atoms with van der Waals surface area (Å²) in [6.45, 7) is 3.33. The lowest BCUT2D eigenvalue weighted by Crippen LogP contribution is -1.90. The molecule has 1 radical (unpaired) electrons. The Bertz CT molecular complexity index is 27.2. The van der Waals surface area contributed by atoms with Gasteiger partial charge < -0.3 is 0 Å². The molecule has 0 atom stereocenters. The van der Waals surface area contributed by atoms with Gasteiger partial charge in [-0.1, -0.05) is 5.04 Å². The predicted octanol–water partition coefficient (Wildman–Crippen LogP) is 0.979. The molecular formula is C3H7O3. The van der Waals surface area contributed by atoms with Crippen molar-refractivity contribution in [3.05, 3.63) is 6.10 Å². The fourth-order valence-electron chi connectivity index (χ4n) is 0.0745. The van der Waals surface area contributed by atoms with E-state index in [1.165, 1.54) is 0 Å². The van der Waals surface area contributed by atoms with E-state index in [2.05, 4.69) is 9.93 Å². The van der Waals surface area contributed by atoms with Crippen molar-refractivity contribution in [3.8, 4) is 0 Å². The Morgan fingerprint density at radius 1 is 1.50 bits per heavy atom. The molecule has 37 valence electrons. The fraction of sp³-hybridized carbons (Fsp3) is 0.667. The summed E-state index contributed by atoms with van der Waals surface area (Å²) >= 11 is 0. The van der Waals surface area contributed by atoms with E-state index in [0.29, 0.717) is 6.10 Å². The third-order valence-electron chi connectivity index (χ3n) is 0.204. The Morgan fingerprint density at radius 3 is 2.00 bits per heavy atom. The number of hydrogen-bond acceptors (Lipinski definition) is 3. The van der Waals surface area contributed by atoms with Crippen LogP contribution in [-0.4, -0.2) is 5.26 Å². The van der Waals surface area contributed by atoms with E-state index in [4.69, 9.17) is 5.26 Å². The second-order valence-corrected chi connectivity index (χ2v) is 1.07. The highest BCUT2D eigenvalue weighted by Gasteiger charge is 1.89. The van der Waals surface area contributed by atoms with Crippen LogP contribution in [0.4, 0.5) is 0 Å². The zero-order chi connectivity index (χ0) is 4.99. The molecule has 0 aliphatic heterocycles. The Kier molecular flexibility index (Phi) is 3.02. The van der Waals surface area contributed by atoms with Crippen molar-refractivity contribution in [3.63, 3.8) is 0 Å². The van der Waals surface area contributed by atoms with Crippen molar-refractivity contribution in [1.29, 1.82) is 0 Å². The first-order chi connectivity index (χ1) is 2.77. The van der Waals surface area contributed by atoms with E-state index in [9.17, 15) is 0 Å². The molecule has 0 unspecified atom stereocenters. The van der Waals surface area contributed by atoms with Crippen LogP contribution in [-0.2, 0) is 9.93 Å². The van der Waals surface area contributed by atoms with Crippen LogP contribution >= 0.6 is 0 Å². The summed E-state index contributed by atoms with van der Waals surface area (Å²) in [7, 11) is 0. The molecule has 3 nitrogen and oxygen atoms in total.